The van der Waals surface area contributed by atoms with E-state index in [4.69, 9.17) is 10.2 Å². The van der Waals surface area contributed by atoms with Crippen molar-refractivity contribution in [1.29, 1.82) is 5.46 Å². The van der Waals surface area contributed by atoms with E-state index in [1.54, 1.807) is 13.1 Å². The second-order valence-electron chi connectivity index (χ2n) is 6.45. The molecule has 33 heavy (non-hydrogen) atoms. The first-order chi connectivity index (χ1) is 15.3. The quantitative estimate of drug-likeness (QED) is 0.244. The van der Waals surface area contributed by atoms with Crippen molar-refractivity contribution in [1.82, 2.24) is 4.90 Å². The Bertz CT molecular complexity index is 933. The van der Waals surface area contributed by atoms with Crippen molar-refractivity contribution < 1.29 is 45.1 Å². The van der Waals surface area contributed by atoms with Gasteiger partial charge in [0.1, 0.15) is 0 Å². The molecule has 0 bridgehead atoms. The van der Waals surface area contributed by atoms with Gasteiger partial charge in [-0.2, -0.15) is 8.78 Å². The monoisotopic (exact) mass is 478 g/mol. The van der Waals surface area contributed by atoms with Gasteiger partial charge in [-0.15, -0.1) is 0 Å². The Morgan fingerprint density at radius 2 is 1.48 bits per heavy atom. The molecule has 0 aliphatic rings. The standard InChI is InChI=1S/C20H21F2NO3.BF4.NO/c1-4-10-23(2)18(24)14-11-15(19(25)26-3)13-17(12-14)20(21,22)16-8-6-5-7-9-16;2-1(3,4)5;1-2/h5-9,11-13H,4,10H2,1-3H3;;/q;-1;+1. The van der Waals surface area contributed by atoms with Crippen LogP contribution < -0.4 is 0 Å². The maximum absolute atomic E-state index is 15.0. The van der Waals surface area contributed by atoms with Crippen LogP contribution in [0.25, 0.3) is 0 Å². The van der Waals surface area contributed by atoms with Gasteiger partial charge < -0.3 is 26.9 Å². The summed E-state index contributed by atoms with van der Waals surface area (Å²) in [5.74, 6) is -4.56. The molecule has 0 N–H and O–H groups in total. The zero-order chi connectivity index (χ0) is 25.8. The van der Waals surface area contributed by atoms with Crippen LogP contribution in [0.1, 0.15) is 45.2 Å². The van der Waals surface area contributed by atoms with E-state index in [1.807, 2.05) is 6.92 Å². The summed E-state index contributed by atoms with van der Waals surface area (Å²) < 4.78 is 80.8. The van der Waals surface area contributed by atoms with Gasteiger partial charge in [-0.05, 0) is 24.6 Å². The zero-order valence-corrected chi connectivity index (χ0v) is 17.9. The average molecular weight is 478 g/mol. The van der Waals surface area contributed by atoms with E-state index in [2.05, 4.69) is 4.74 Å². The molecule has 0 saturated carbocycles. The van der Waals surface area contributed by atoms with Crippen LogP contribution in [0.5, 0.6) is 0 Å². The Morgan fingerprint density at radius 1 is 1.00 bits per heavy atom. The van der Waals surface area contributed by atoms with Crippen LogP contribution in [0.2, 0.25) is 0 Å². The number of benzene rings is 2. The molecule has 0 unspecified atom stereocenters. The number of alkyl halides is 2. The summed E-state index contributed by atoms with van der Waals surface area (Å²) in [5, 5.41) is 0. The summed E-state index contributed by atoms with van der Waals surface area (Å²) in [6.45, 7) is 2.38. The summed E-state index contributed by atoms with van der Waals surface area (Å²) in [5.41, 5.74) is 5.03. The molecule has 1 amide bonds. The molecule has 0 radical (unpaired) electrons. The molecular formula is C20H21BF6N2O4. The number of esters is 1. The third-order valence-electron chi connectivity index (χ3n) is 4.01. The van der Waals surface area contributed by atoms with Gasteiger partial charge >= 0.3 is 23.5 Å². The van der Waals surface area contributed by atoms with Gasteiger partial charge in [0.15, 0.2) is 0 Å². The molecule has 0 spiro atoms. The van der Waals surface area contributed by atoms with Gasteiger partial charge in [-0.25, -0.2) is 4.79 Å². The number of ether oxygens (including phenoxy) is 1. The molecule has 0 saturated heterocycles. The Kier molecular flexibility index (Phi) is 12.0. The van der Waals surface area contributed by atoms with E-state index < -0.39 is 30.6 Å². The van der Waals surface area contributed by atoms with E-state index in [0.29, 0.717) is 6.54 Å². The molecule has 0 aromatic heterocycles. The van der Waals surface area contributed by atoms with Crippen molar-refractivity contribution in [3.05, 3.63) is 70.8 Å². The molecule has 13 heteroatoms. The molecule has 0 heterocycles. The second kappa shape index (κ2) is 13.3. The van der Waals surface area contributed by atoms with E-state index in [0.717, 1.165) is 25.7 Å². The third-order valence-corrected chi connectivity index (χ3v) is 4.01. The van der Waals surface area contributed by atoms with Gasteiger partial charge in [-0.3, -0.25) is 4.79 Å². The number of nitrogens with zero attached hydrogens (tertiary/aromatic N) is 2. The molecule has 2 aromatic carbocycles. The molecular weight excluding hydrogens is 457 g/mol. The molecule has 180 valence electrons. The Labute approximate surface area is 186 Å². The Hall–Kier alpha value is -3.31. The molecule has 0 atom stereocenters. The van der Waals surface area contributed by atoms with Crippen molar-refractivity contribution in [2.75, 3.05) is 20.7 Å². The molecule has 0 aliphatic carbocycles. The van der Waals surface area contributed by atoms with Gasteiger partial charge in [0.2, 0.25) is 0 Å². The fourth-order valence-corrected chi connectivity index (χ4v) is 2.64. The number of carbonyl (C=O) groups excluding carboxylic acids is 2. The van der Waals surface area contributed by atoms with Crippen LogP contribution >= 0.6 is 0 Å². The first kappa shape index (κ1) is 29.7. The van der Waals surface area contributed by atoms with Crippen LogP contribution in [0, 0.1) is 5.46 Å². The zero-order valence-electron chi connectivity index (χ0n) is 17.9. The number of halogens is 6. The van der Waals surface area contributed by atoms with Crippen molar-refractivity contribution >= 4 is 19.1 Å². The average Bonchev–Trinajstić information content (AvgIpc) is 2.78. The molecule has 2 rings (SSSR count). The number of amides is 1. The number of methoxy groups -OCH3 is 1. The summed E-state index contributed by atoms with van der Waals surface area (Å²) in [6.07, 6.45) is 0.728. The second-order valence-corrected chi connectivity index (χ2v) is 6.45. The normalized spacial score (nSPS) is 10.6. The van der Waals surface area contributed by atoms with Crippen LogP contribution in [0.15, 0.2) is 48.5 Å². The maximum atomic E-state index is 15.0. The third kappa shape index (κ3) is 9.79. The summed E-state index contributed by atoms with van der Waals surface area (Å²) in [6, 6.07) is 10.7. The number of carbonyl (C=O) groups is 2. The Balaban J connectivity index is 0.00000129. The van der Waals surface area contributed by atoms with Gasteiger partial charge in [-0.1, -0.05) is 37.3 Å². The van der Waals surface area contributed by atoms with Gasteiger partial charge in [0.05, 0.1) is 12.7 Å². The van der Waals surface area contributed by atoms with E-state index in [-0.39, 0.29) is 16.7 Å². The fourth-order valence-electron chi connectivity index (χ4n) is 2.64. The number of hydrogen-bond acceptors (Lipinski definition) is 4. The first-order valence-corrected chi connectivity index (χ1v) is 9.29. The topological polar surface area (TPSA) is 90.3 Å². The molecule has 0 fully saturated rings. The van der Waals surface area contributed by atoms with Crippen LogP contribution in [-0.2, 0) is 15.4 Å². The predicted octanol–water partition coefficient (Wildman–Crippen LogP) is 5.29. The first-order valence-electron chi connectivity index (χ1n) is 9.29. The van der Waals surface area contributed by atoms with E-state index in [9.17, 15) is 35.6 Å². The van der Waals surface area contributed by atoms with Crippen molar-refractivity contribution in [2.24, 2.45) is 0 Å². The fraction of sp³-hybridized carbons (Fsp3) is 0.300. The number of rotatable bonds is 6. The van der Waals surface area contributed by atoms with E-state index in [1.165, 1.54) is 35.2 Å². The summed E-state index contributed by atoms with van der Waals surface area (Å²) in [7, 11) is -3.25. The van der Waals surface area contributed by atoms with Crippen molar-refractivity contribution in [3.63, 3.8) is 0 Å². The summed E-state index contributed by atoms with van der Waals surface area (Å²) >= 11 is 0. The van der Waals surface area contributed by atoms with Crippen molar-refractivity contribution in [3.8, 4) is 0 Å². The predicted molar refractivity (Wildman–Crippen MR) is 107 cm³/mol. The van der Waals surface area contributed by atoms with Crippen LogP contribution in [0.3, 0.4) is 0 Å². The number of hydrogen-bond donors (Lipinski definition) is 0. The Morgan fingerprint density at radius 3 is 1.94 bits per heavy atom. The molecule has 6 nitrogen and oxygen atoms in total. The minimum absolute atomic E-state index is 0.0226. The van der Waals surface area contributed by atoms with E-state index >= 15 is 0 Å². The van der Waals surface area contributed by atoms with Gasteiger partial charge in [0.25, 0.3) is 11.8 Å². The van der Waals surface area contributed by atoms with Gasteiger partial charge in [0, 0.05) is 30.3 Å². The van der Waals surface area contributed by atoms with Crippen LogP contribution in [-0.4, -0.2) is 44.7 Å². The van der Waals surface area contributed by atoms with Crippen LogP contribution in [0.4, 0.5) is 26.0 Å². The molecule has 2 aromatic rings. The molecule has 0 aliphatic heterocycles. The SMILES string of the molecule is CCCN(C)C(=O)c1cc(C(=O)OC)cc(C(F)(F)c2ccccc2)c1.F[B-](F)(F)F.N#[O+]. The minimum atomic E-state index is -6.00. The van der Waals surface area contributed by atoms with Crippen molar-refractivity contribution in [2.45, 2.75) is 19.3 Å². The summed E-state index contributed by atoms with van der Waals surface area (Å²) in [4.78, 5) is 25.9.